The lowest BCUT2D eigenvalue weighted by Gasteiger charge is -2.15. The van der Waals surface area contributed by atoms with Gasteiger partial charge in [-0.1, -0.05) is 18.2 Å². The standard InChI is InChI=1S/C13H15NO5/c1-18-11-5-3-2-4-9(11)7-14-8-10(6-12(15)16)19-13(14)17/h2-5,10H,6-8H2,1H3,(H,15,16). The van der Waals surface area contributed by atoms with Gasteiger partial charge in [-0.25, -0.2) is 4.79 Å². The Hall–Kier alpha value is -2.24. The van der Waals surface area contributed by atoms with Crippen LogP contribution in [0, 0.1) is 0 Å². The lowest BCUT2D eigenvalue weighted by Crippen LogP contribution is -2.25. The van der Waals surface area contributed by atoms with Crippen LogP contribution in [0.15, 0.2) is 24.3 Å². The van der Waals surface area contributed by atoms with Crippen LogP contribution in [0.4, 0.5) is 4.79 Å². The van der Waals surface area contributed by atoms with Crippen LogP contribution in [-0.2, 0) is 16.1 Å². The minimum atomic E-state index is -0.975. The molecule has 1 aromatic carbocycles. The van der Waals surface area contributed by atoms with Gasteiger partial charge in [0.15, 0.2) is 0 Å². The van der Waals surface area contributed by atoms with E-state index in [0.717, 1.165) is 5.56 Å². The van der Waals surface area contributed by atoms with Gasteiger partial charge in [0.05, 0.1) is 26.6 Å². The van der Waals surface area contributed by atoms with Crippen molar-refractivity contribution >= 4 is 12.1 Å². The highest BCUT2D eigenvalue weighted by atomic mass is 16.6. The first-order chi connectivity index (χ1) is 9.10. The van der Waals surface area contributed by atoms with E-state index in [9.17, 15) is 9.59 Å². The van der Waals surface area contributed by atoms with Crippen molar-refractivity contribution in [3.63, 3.8) is 0 Å². The second-order valence-electron chi connectivity index (χ2n) is 4.30. The van der Waals surface area contributed by atoms with Gasteiger partial charge in [0, 0.05) is 5.56 Å². The molecule has 0 aromatic heterocycles. The van der Waals surface area contributed by atoms with Crippen LogP contribution >= 0.6 is 0 Å². The predicted molar refractivity (Wildman–Crippen MR) is 65.9 cm³/mol. The summed E-state index contributed by atoms with van der Waals surface area (Å²) in [6.45, 7) is 0.627. The van der Waals surface area contributed by atoms with Gasteiger partial charge < -0.3 is 19.5 Å². The number of carbonyl (C=O) groups is 2. The van der Waals surface area contributed by atoms with E-state index in [1.165, 1.54) is 4.90 Å². The van der Waals surface area contributed by atoms with Crippen molar-refractivity contribution in [1.29, 1.82) is 0 Å². The molecule has 1 saturated heterocycles. The zero-order valence-corrected chi connectivity index (χ0v) is 10.5. The van der Waals surface area contributed by atoms with Crippen LogP contribution in [0.25, 0.3) is 0 Å². The van der Waals surface area contributed by atoms with Gasteiger partial charge in [-0.05, 0) is 6.07 Å². The van der Waals surface area contributed by atoms with Gasteiger partial charge in [0.2, 0.25) is 0 Å². The third-order valence-corrected chi connectivity index (χ3v) is 2.91. The molecule has 19 heavy (non-hydrogen) atoms. The van der Waals surface area contributed by atoms with Crippen molar-refractivity contribution in [1.82, 2.24) is 4.90 Å². The van der Waals surface area contributed by atoms with Crippen LogP contribution in [0.1, 0.15) is 12.0 Å². The summed E-state index contributed by atoms with van der Waals surface area (Å²) < 4.78 is 10.2. The molecule has 1 fully saturated rings. The van der Waals surface area contributed by atoms with E-state index < -0.39 is 18.2 Å². The van der Waals surface area contributed by atoms with E-state index in [2.05, 4.69) is 0 Å². The topological polar surface area (TPSA) is 76.1 Å². The molecule has 0 saturated carbocycles. The van der Waals surface area contributed by atoms with Crippen LogP contribution in [0.2, 0.25) is 0 Å². The third kappa shape index (κ3) is 3.15. The molecule has 6 heteroatoms. The second-order valence-corrected chi connectivity index (χ2v) is 4.30. The highest BCUT2D eigenvalue weighted by molar-refractivity contribution is 5.73. The zero-order chi connectivity index (χ0) is 13.8. The molecule has 102 valence electrons. The van der Waals surface area contributed by atoms with E-state index in [4.69, 9.17) is 14.6 Å². The molecule has 0 bridgehead atoms. The third-order valence-electron chi connectivity index (χ3n) is 2.91. The van der Waals surface area contributed by atoms with Gasteiger partial charge >= 0.3 is 12.1 Å². The number of ether oxygens (including phenoxy) is 2. The molecule has 6 nitrogen and oxygen atoms in total. The van der Waals surface area contributed by atoms with Crippen LogP contribution < -0.4 is 4.74 Å². The molecular formula is C13H15NO5. The maximum absolute atomic E-state index is 11.6. The molecule has 1 amide bonds. The van der Waals surface area contributed by atoms with Gasteiger partial charge in [0.25, 0.3) is 0 Å². The molecule has 1 unspecified atom stereocenters. The first kappa shape index (κ1) is 13.2. The number of hydrogen-bond donors (Lipinski definition) is 1. The summed E-state index contributed by atoms with van der Waals surface area (Å²) in [4.78, 5) is 23.7. The normalized spacial score (nSPS) is 18.3. The number of benzene rings is 1. The molecule has 0 aliphatic carbocycles. The lowest BCUT2D eigenvalue weighted by molar-refractivity contribution is -0.138. The Morgan fingerprint density at radius 2 is 2.26 bits per heavy atom. The summed E-state index contributed by atoms with van der Waals surface area (Å²) in [6.07, 6.45) is -1.24. The van der Waals surface area contributed by atoms with Crippen molar-refractivity contribution in [2.24, 2.45) is 0 Å². The van der Waals surface area contributed by atoms with Gasteiger partial charge in [-0.15, -0.1) is 0 Å². The minimum Gasteiger partial charge on any atom is -0.496 e. The number of hydrogen-bond acceptors (Lipinski definition) is 4. The Balaban J connectivity index is 2.03. The summed E-state index contributed by atoms with van der Waals surface area (Å²) in [6, 6.07) is 7.37. The number of methoxy groups -OCH3 is 1. The van der Waals surface area contributed by atoms with Gasteiger partial charge in [-0.2, -0.15) is 0 Å². The Labute approximate surface area is 110 Å². The summed E-state index contributed by atoms with van der Waals surface area (Å²) >= 11 is 0. The molecule has 1 aromatic rings. The Kier molecular flexibility index (Phi) is 3.89. The largest absolute Gasteiger partial charge is 0.496 e. The second kappa shape index (κ2) is 5.60. The number of rotatable bonds is 5. The van der Waals surface area contributed by atoms with Crippen LogP contribution in [0.5, 0.6) is 5.75 Å². The van der Waals surface area contributed by atoms with E-state index in [0.29, 0.717) is 12.3 Å². The number of cyclic esters (lactones) is 1. The van der Waals surface area contributed by atoms with E-state index in [1.807, 2.05) is 24.3 Å². The van der Waals surface area contributed by atoms with Crippen molar-refractivity contribution in [3.05, 3.63) is 29.8 Å². The van der Waals surface area contributed by atoms with Crippen molar-refractivity contribution in [2.75, 3.05) is 13.7 Å². The number of nitrogens with zero attached hydrogens (tertiary/aromatic N) is 1. The summed E-state index contributed by atoms with van der Waals surface area (Å²) in [7, 11) is 1.56. The zero-order valence-electron chi connectivity index (χ0n) is 10.5. The summed E-state index contributed by atoms with van der Waals surface area (Å²) in [5.74, 6) is -0.283. The fourth-order valence-corrected chi connectivity index (χ4v) is 2.04. The first-order valence-corrected chi connectivity index (χ1v) is 5.89. The van der Waals surface area contributed by atoms with Crippen LogP contribution in [0.3, 0.4) is 0 Å². The molecule has 0 spiro atoms. The molecule has 1 atom stereocenters. The molecule has 2 rings (SSSR count). The van der Waals surface area contributed by atoms with Gasteiger partial charge in [0.1, 0.15) is 11.9 Å². The van der Waals surface area contributed by atoms with Gasteiger partial charge in [-0.3, -0.25) is 4.79 Å². The fraction of sp³-hybridized carbons (Fsp3) is 0.385. The SMILES string of the molecule is COc1ccccc1CN1CC(CC(=O)O)OC1=O. The molecule has 1 aliphatic heterocycles. The first-order valence-electron chi connectivity index (χ1n) is 5.89. The van der Waals surface area contributed by atoms with E-state index >= 15 is 0 Å². The highest BCUT2D eigenvalue weighted by Crippen LogP contribution is 2.23. The lowest BCUT2D eigenvalue weighted by atomic mass is 10.2. The number of aliphatic carboxylic acids is 1. The number of carbonyl (C=O) groups excluding carboxylic acids is 1. The number of amides is 1. The van der Waals surface area contributed by atoms with Crippen molar-refractivity contribution in [3.8, 4) is 5.75 Å². The monoisotopic (exact) mass is 265 g/mol. The maximum Gasteiger partial charge on any atom is 0.410 e. The molecule has 1 aliphatic rings. The highest BCUT2D eigenvalue weighted by Gasteiger charge is 2.32. The average Bonchev–Trinajstić information content (AvgIpc) is 2.69. The number of carboxylic acid groups (broad SMARTS) is 1. The maximum atomic E-state index is 11.6. The predicted octanol–water partition coefficient (Wildman–Crippen LogP) is 1.49. The summed E-state index contributed by atoms with van der Waals surface area (Å²) in [5, 5.41) is 8.69. The Morgan fingerprint density at radius 1 is 1.53 bits per heavy atom. The smallest absolute Gasteiger partial charge is 0.410 e. The fourth-order valence-electron chi connectivity index (χ4n) is 2.04. The average molecular weight is 265 g/mol. The number of para-hydroxylation sites is 1. The molecule has 1 N–H and O–H groups in total. The summed E-state index contributed by atoms with van der Waals surface area (Å²) in [5.41, 5.74) is 0.859. The van der Waals surface area contributed by atoms with Crippen molar-refractivity contribution < 1.29 is 24.2 Å². The van der Waals surface area contributed by atoms with Crippen LogP contribution in [-0.4, -0.2) is 41.8 Å². The van der Waals surface area contributed by atoms with E-state index in [-0.39, 0.29) is 13.0 Å². The van der Waals surface area contributed by atoms with E-state index in [1.54, 1.807) is 7.11 Å². The molecule has 1 heterocycles. The Morgan fingerprint density at radius 3 is 2.95 bits per heavy atom. The molecular weight excluding hydrogens is 250 g/mol. The Bertz CT molecular complexity index is 488. The molecule has 0 radical (unpaired) electrons. The van der Waals surface area contributed by atoms with Crippen molar-refractivity contribution in [2.45, 2.75) is 19.1 Å². The minimum absolute atomic E-state index is 0.172. The number of carboxylic acids is 1. The quantitative estimate of drug-likeness (QED) is 0.872.